The summed E-state index contributed by atoms with van der Waals surface area (Å²) in [5, 5.41) is 12.3. The van der Waals surface area contributed by atoms with Crippen LogP contribution < -0.4 is 10.2 Å². The predicted molar refractivity (Wildman–Crippen MR) is 103 cm³/mol. The highest BCUT2D eigenvalue weighted by molar-refractivity contribution is 9.10. The summed E-state index contributed by atoms with van der Waals surface area (Å²) in [6, 6.07) is 8.60. The van der Waals surface area contributed by atoms with Gasteiger partial charge in [0, 0.05) is 42.7 Å². The van der Waals surface area contributed by atoms with Crippen molar-refractivity contribution in [3.05, 3.63) is 45.7 Å². The molecule has 2 heterocycles. The Balaban J connectivity index is 1.58. The molecule has 0 atom stereocenters. The van der Waals surface area contributed by atoms with Crippen molar-refractivity contribution in [3.8, 4) is 0 Å². The Morgan fingerprint density at radius 3 is 2.88 bits per heavy atom. The second kappa shape index (κ2) is 7.30. The Hall–Kier alpha value is -1.66. The number of halogens is 1. The Morgan fingerprint density at radius 1 is 1.20 bits per heavy atom. The number of hydrogen-bond donors (Lipinski definition) is 2. The van der Waals surface area contributed by atoms with Crippen molar-refractivity contribution in [2.75, 3.05) is 29.9 Å². The number of nitrogens with one attached hydrogen (secondary N) is 1. The fourth-order valence-electron chi connectivity index (χ4n) is 3.25. The van der Waals surface area contributed by atoms with Crippen LogP contribution in [0.15, 0.2) is 28.7 Å². The van der Waals surface area contributed by atoms with Crippen LogP contribution in [0.2, 0.25) is 0 Å². The average Bonchev–Trinajstić information content (AvgIpc) is 3.46. The number of benzene rings is 1. The molecule has 0 spiro atoms. The third-order valence-electron chi connectivity index (χ3n) is 4.82. The molecule has 5 nitrogen and oxygen atoms in total. The first-order valence-electron chi connectivity index (χ1n) is 8.99. The molecule has 6 heteroatoms. The summed E-state index contributed by atoms with van der Waals surface area (Å²) in [6.45, 7) is 2.78. The van der Waals surface area contributed by atoms with Crippen LogP contribution in [0.1, 0.15) is 42.1 Å². The van der Waals surface area contributed by atoms with Crippen molar-refractivity contribution < 1.29 is 5.11 Å². The van der Waals surface area contributed by atoms with Crippen LogP contribution in [0.3, 0.4) is 0 Å². The minimum absolute atomic E-state index is 0.193. The second-order valence-corrected chi connectivity index (χ2v) is 7.75. The van der Waals surface area contributed by atoms with Gasteiger partial charge in [-0.3, -0.25) is 0 Å². The quantitative estimate of drug-likeness (QED) is 0.724. The first-order chi connectivity index (χ1) is 12.2. The maximum atomic E-state index is 8.99. The van der Waals surface area contributed by atoms with Crippen LogP contribution in [-0.2, 0) is 13.0 Å². The largest absolute Gasteiger partial charge is 0.396 e. The van der Waals surface area contributed by atoms with Crippen molar-refractivity contribution in [1.29, 1.82) is 0 Å². The Morgan fingerprint density at radius 2 is 2.08 bits per heavy atom. The summed E-state index contributed by atoms with van der Waals surface area (Å²) >= 11 is 3.58. The summed E-state index contributed by atoms with van der Waals surface area (Å²) < 4.78 is 1.13. The molecule has 1 aliphatic heterocycles. The lowest BCUT2D eigenvalue weighted by Gasteiger charge is -2.30. The molecule has 1 fully saturated rings. The number of anilines is 2. The number of fused-ring (bicyclic) bond motifs is 1. The fourth-order valence-corrected chi connectivity index (χ4v) is 3.65. The fraction of sp³-hybridized carbons (Fsp3) is 0.474. The number of aromatic nitrogens is 2. The topological polar surface area (TPSA) is 61.3 Å². The lowest BCUT2D eigenvalue weighted by molar-refractivity contribution is 0.292. The van der Waals surface area contributed by atoms with Crippen LogP contribution in [0, 0.1) is 0 Å². The van der Waals surface area contributed by atoms with E-state index in [1.807, 2.05) is 6.07 Å². The number of rotatable bonds is 6. The average molecular weight is 403 g/mol. The lowest BCUT2D eigenvalue weighted by Crippen LogP contribution is -2.31. The molecular formula is C19H23BrN4O. The van der Waals surface area contributed by atoms with E-state index in [9.17, 15) is 0 Å². The molecule has 4 rings (SSSR count). The molecule has 0 unspecified atom stereocenters. The van der Waals surface area contributed by atoms with E-state index in [4.69, 9.17) is 10.1 Å². The van der Waals surface area contributed by atoms with Gasteiger partial charge in [-0.1, -0.05) is 22.0 Å². The van der Waals surface area contributed by atoms with Crippen molar-refractivity contribution >= 4 is 27.6 Å². The van der Waals surface area contributed by atoms with E-state index in [2.05, 4.69) is 49.3 Å². The van der Waals surface area contributed by atoms with Crippen LogP contribution >= 0.6 is 15.9 Å². The molecule has 0 bridgehead atoms. The predicted octanol–water partition coefficient (Wildman–Crippen LogP) is 3.47. The summed E-state index contributed by atoms with van der Waals surface area (Å²) in [7, 11) is 0. The zero-order chi connectivity index (χ0) is 17.2. The van der Waals surface area contributed by atoms with E-state index >= 15 is 0 Å². The van der Waals surface area contributed by atoms with Crippen LogP contribution in [0.25, 0.3) is 0 Å². The maximum absolute atomic E-state index is 8.99. The summed E-state index contributed by atoms with van der Waals surface area (Å²) in [5.74, 6) is 3.36. The van der Waals surface area contributed by atoms with Gasteiger partial charge in [-0.05, 0) is 48.9 Å². The van der Waals surface area contributed by atoms with Crippen molar-refractivity contribution in [2.24, 2.45) is 0 Å². The number of aliphatic hydroxyl groups excluding tert-OH is 1. The first-order valence-corrected chi connectivity index (χ1v) is 9.78. The van der Waals surface area contributed by atoms with Gasteiger partial charge in [0.1, 0.15) is 17.5 Å². The minimum atomic E-state index is 0.193. The van der Waals surface area contributed by atoms with Gasteiger partial charge in [0.15, 0.2) is 0 Å². The van der Waals surface area contributed by atoms with Crippen LogP contribution in [-0.4, -0.2) is 34.8 Å². The molecule has 1 aromatic carbocycles. The highest BCUT2D eigenvalue weighted by Gasteiger charge is 2.28. The minimum Gasteiger partial charge on any atom is -0.396 e. The maximum Gasteiger partial charge on any atom is 0.136 e. The zero-order valence-electron chi connectivity index (χ0n) is 14.2. The van der Waals surface area contributed by atoms with Crippen molar-refractivity contribution in [3.63, 3.8) is 0 Å². The monoisotopic (exact) mass is 402 g/mol. The van der Waals surface area contributed by atoms with E-state index in [1.165, 1.54) is 24.0 Å². The smallest absolute Gasteiger partial charge is 0.136 e. The Bertz CT molecular complexity index is 763. The summed E-state index contributed by atoms with van der Waals surface area (Å²) in [5.41, 5.74) is 2.79. The lowest BCUT2D eigenvalue weighted by atomic mass is 10.00. The number of hydrogen-bond acceptors (Lipinski definition) is 5. The molecule has 2 N–H and O–H groups in total. The van der Waals surface area contributed by atoms with E-state index in [0.29, 0.717) is 5.92 Å². The molecule has 2 aromatic rings. The van der Waals surface area contributed by atoms with E-state index in [1.54, 1.807) is 0 Å². The van der Waals surface area contributed by atoms with Gasteiger partial charge >= 0.3 is 0 Å². The van der Waals surface area contributed by atoms with E-state index in [-0.39, 0.29) is 6.61 Å². The number of nitrogens with zero attached hydrogens (tertiary/aromatic N) is 3. The van der Waals surface area contributed by atoms with Gasteiger partial charge in [0.05, 0.1) is 0 Å². The molecule has 2 aliphatic rings. The molecule has 25 heavy (non-hydrogen) atoms. The van der Waals surface area contributed by atoms with Gasteiger partial charge in [0.2, 0.25) is 0 Å². The third kappa shape index (κ3) is 3.96. The van der Waals surface area contributed by atoms with Gasteiger partial charge in [-0.2, -0.15) is 0 Å². The van der Waals surface area contributed by atoms with E-state index in [0.717, 1.165) is 54.4 Å². The Kier molecular flexibility index (Phi) is 4.90. The van der Waals surface area contributed by atoms with Crippen molar-refractivity contribution in [2.45, 2.75) is 38.1 Å². The highest BCUT2D eigenvalue weighted by atomic mass is 79.9. The third-order valence-corrected chi connectivity index (χ3v) is 5.31. The van der Waals surface area contributed by atoms with E-state index < -0.39 is 0 Å². The van der Waals surface area contributed by atoms with Gasteiger partial charge in [-0.25, -0.2) is 9.97 Å². The molecule has 0 amide bonds. The number of aliphatic hydroxyl groups is 1. The van der Waals surface area contributed by atoms with Crippen molar-refractivity contribution in [1.82, 2.24) is 9.97 Å². The summed E-state index contributed by atoms with van der Waals surface area (Å²) in [6.07, 6.45) is 4.15. The molecule has 0 saturated heterocycles. The SMILES string of the molecule is OCCCNc1cc(N2CCc3ccc(Br)cc3C2)nc(C2CC2)n1. The highest BCUT2D eigenvalue weighted by Crippen LogP contribution is 2.39. The molecular weight excluding hydrogens is 380 g/mol. The molecule has 0 radical (unpaired) electrons. The molecule has 1 saturated carbocycles. The molecule has 1 aliphatic carbocycles. The second-order valence-electron chi connectivity index (χ2n) is 6.83. The molecule has 1 aromatic heterocycles. The Labute approximate surface area is 156 Å². The first kappa shape index (κ1) is 16.8. The standard InChI is InChI=1S/C19H23BrN4O/c20-16-5-4-13-6-8-24(12-15(13)10-16)18-11-17(21-7-1-9-25)22-19(23-18)14-2-3-14/h4-5,10-11,14,25H,1-3,6-9,12H2,(H,21,22,23). The summed E-state index contributed by atoms with van der Waals surface area (Å²) in [4.78, 5) is 11.9. The van der Waals surface area contributed by atoms with Crippen LogP contribution in [0.4, 0.5) is 11.6 Å². The zero-order valence-corrected chi connectivity index (χ0v) is 15.8. The van der Waals surface area contributed by atoms with Gasteiger partial charge in [0.25, 0.3) is 0 Å². The van der Waals surface area contributed by atoms with Gasteiger partial charge in [-0.15, -0.1) is 0 Å². The van der Waals surface area contributed by atoms with Crippen LogP contribution in [0.5, 0.6) is 0 Å². The van der Waals surface area contributed by atoms with Gasteiger partial charge < -0.3 is 15.3 Å². The molecule has 132 valence electrons. The normalized spacial score (nSPS) is 16.6.